The van der Waals surface area contributed by atoms with Gasteiger partial charge in [-0.2, -0.15) is 5.10 Å². The lowest BCUT2D eigenvalue weighted by molar-refractivity contribution is 0.208. The molecule has 1 saturated heterocycles. The van der Waals surface area contributed by atoms with Crippen molar-refractivity contribution in [3.05, 3.63) is 16.2 Å². The molecule has 0 saturated carbocycles. The van der Waals surface area contributed by atoms with Crippen molar-refractivity contribution in [2.45, 2.75) is 19.3 Å². The average molecular weight is 300 g/mol. The van der Waals surface area contributed by atoms with Gasteiger partial charge >= 0.3 is 0 Å². The zero-order valence-electron chi connectivity index (χ0n) is 10.3. The van der Waals surface area contributed by atoms with E-state index < -0.39 is 0 Å². The number of hydrogen-bond donors (Lipinski definition) is 0. The van der Waals surface area contributed by atoms with Gasteiger partial charge in [0.1, 0.15) is 0 Å². The highest BCUT2D eigenvalue weighted by Gasteiger charge is 2.18. The Balaban J connectivity index is 2.00. The summed E-state index contributed by atoms with van der Waals surface area (Å²) >= 11 is 3.45. The molecule has 0 radical (unpaired) electrons. The van der Waals surface area contributed by atoms with Crippen molar-refractivity contribution in [1.29, 1.82) is 0 Å². The third kappa shape index (κ3) is 3.39. The summed E-state index contributed by atoms with van der Waals surface area (Å²) in [4.78, 5) is 2.39. The Kier molecular flexibility index (Phi) is 4.34. The fourth-order valence-corrected chi connectivity index (χ4v) is 2.87. The molecule has 1 atom stereocenters. The molecule has 4 nitrogen and oxygen atoms in total. The molecular formula is C12H18BrN3O. The maximum absolute atomic E-state index is 5.08. The van der Waals surface area contributed by atoms with E-state index in [1.165, 1.54) is 19.4 Å². The molecule has 1 unspecified atom stereocenters. The second-order valence-electron chi connectivity index (χ2n) is 4.67. The van der Waals surface area contributed by atoms with Gasteiger partial charge in [0.2, 0.25) is 5.88 Å². The number of halogens is 1. The lowest BCUT2D eigenvalue weighted by atomic mass is 9.94. The number of rotatable bonds is 3. The van der Waals surface area contributed by atoms with E-state index in [0.29, 0.717) is 11.8 Å². The van der Waals surface area contributed by atoms with Gasteiger partial charge in [0.05, 0.1) is 17.3 Å². The molecule has 17 heavy (non-hydrogen) atoms. The summed E-state index contributed by atoms with van der Waals surface area (Å²) in [6.45, 7) is 2.37. The first-order valence-electron chi connectivity index (χ1n) is 5.93. The minimum atomic E-state index is 0.550. The van der Waals surface area contributed by atoms with Crippen molar-refractivity contribution >= 4 is 15.9 Å². The van der Waals surface area contributed by atoms with Crippen LogP contribution in [0.5, 0.6) is 5.88 Å². The van der Waals surface area contributed by atoms with Crippen molar-refractivity contribution in [1.82, 2.24) is 15.1 Å². The van der Waals surface area contributed by atoms with Crippen molar-refractivity contribution in [3.8, 4) is 5.88 Å². The number of hydrogen-bond acceptors (Lipinski definition) is 4. The van der Waals surface area contributed by atoms with Crippen LogP contribution >= 0.6 is 15.9 Å². The van der Waals surface area contributed by atoms with E-state index >= 15 is 0 Å². The van der Waals surface area contributed by atoms with Crippen LogP contribution in [-0.4, -0.2) is 42.3 Å². The molecular weight excluding hydrogens is 282 g/mol. The predicted molar refractivity (Wildman–Crippen MR) is 70.2 cm³/mol. The van der Waals surface area contributed by atoms with Crippen LogP contribution in [0.15, 0.2) is 10.5 Å². The molecule has 0 spiro atoms. The van der Waals surface area contributed by atoms with E-state index in [1.54, 1.807) is 7.11 Å². The molecule has 0 N–H and O–H groups in total. The largest absolute Gasteiger partial charge is 0.479 e. The maximum Gasteiger partial charge on any atom is 0.247 e. The lowest BCUT2D eigenvalue weighted by Crippen LogP contribution is -2.33. The van der Waals surface area contributed by atoms with Crippen molar-refractivity contribution in [2.24, 2.45) is 5.92 Å². The molecule has 1 fully saturated rings. The van der Waals surface area contributed by atoms with Gasteiger partial charge in [-0.3, -0.25) is 0 Å². The number of ether oxygens (including phenoxy) is 1. The highest BCUT2D eigenvalue weighted by atomic mass is 79.9. The van der Waals surface area contributed by atoms with E-state index in [2.05, 4.69) is 38.1 Å². The summed E-state index contributed by atoms with van der Waals surface area (Å²) in [5.74, 6) is 1.25. The van der Waals surface area contributed by atoms with Gasteiger partial charge in [0.15, 0.2) is 0 Å². The number of likely N-dealkylation sites (tertiary alicyclic amines) is 1. The highest BCUT2D eigenvalue weighted by molar-refractivity contribution is 9.10. The highest BCUT2D eigenvalue weighted by Crippen LogP contribution is 2.24. The first-order chi connectivity index (χ1) is 8.19. The second-order valence-corrected chi connectivity index (χ2v) is 5.52. The van der Waals surface area contributed by atoms with Gasteiger partial charge in [0.25, 0.3) is 0 Å². The van der Waals surface area contributed by atoms with Gasteiger partial charge in [-0.15, -0.1) is 5.10 Å². The van der Waals surface area contributed by atoms with Crippen molar-refractivity contribution < 1.29 is 4.74 Å². The van der Waals surface area contributed by atoms with Crippen LogP contribution in [0.25, 0.3) is 0 Å². The summed E-state index contributed by atoms with van der Waals surface area (Å²) in [5, 5.41) is 8.25. The minimum absolute atomic E-state index is 0.550. The molecule has 0 aliphatic carbocycles. The number of piperidine rings is 1. The minimum Gasteiger partial charge on any atom is -0.479 e. The van der Waals surface area contributed by atoms with E-state index in [0.717, 1.165) is 23.1 Å². The van der Waals surface area contributed by atoms with Crippen LogP contribution in [0.2, 0.25) is 0 Å². The monoisotopic (exact) mass is 299 g/mol. The molecule has 1 aromatic heterocycles. The van der Waals surface area contributed by atoms with Gasteiger partial charge in [-0.25, -0.2) is 0 Å². The molecule has 1 aromatic rings. The molecule has 0 aromatic carbocycles. The summed E-state index contributed by atoms with van der Waals surface area (Å²) in [7, 11) is 3.78. The zero-order valence-corrected chi connectivity index (χ0v) is 11.9. The van der Waals surface area contributed by atoms with Crippen molar-refractivity contribution in [3.63, 3.8) is 0 Å². The molecule has 1 aliphatic heterocycles. The fraction of sp³-hybridized carbons (Fsp3) is 0.667. The second kappa shape index (κ2) is 5.78. The molecule has 1 aliphatic rings. The third-order valence-corrected chi connectivity index (χ3v) is 3.75. The summed E-state index contributed by atoms with van der Waals surface area (Å²) < 4.78 is 5.96. The van der Waals surface area contributed by atoms with Gasteiger partial charge in [-0.1, -0.05) is 0 Å². The number of aromatic nitrogens is 2. The van der Waals surface area contributed by atoms with Crippen LogP contribution in [0, 0.1) is 5.92 Å². The molecule has 0 amide bonds. The topological polar surface area (TPSA) is 38.3 Å². The van der Waals surface area contributed by atoms with Crippen LogP contribution < -0.4 is 4.74 Å². The van der Waals surface area contributed by atoms with E-state index in [9.17, 15) is 0 Å². The van der Waals surface area contributed by atoms with Crippen LogP contribution in [0.1, 0.15) is 18.5 Å². The van der Waals surface area contributed by atoms with E-state index in [4.69, 9.17) is 4.74 Å². The van der Waals surface area contributed by atoms with Gasteiger partial charge < -0.3 is 9.64 Å². The molecule has 2 heterocycles. The van der Waals surface area contributed by atoms with E-state index in [1.807, 2.05) is 6.07 Å². The Hall–Kier alpha value is -0.680. The zero-order chi connectivity index (χ0) is 12.3. The van der Waals surface area contributed by atoms with Gasteiger partial charge in [0, 0.05) is 6.54 Å². The van der Waals surface area contributed by atoms with Crippen LogP contribution in [0.4, 0.5) is 0 Å². The van der Waals surface area contributed by atoms with Crippen molar-refractivity contribution in [2.75, 3.05) is 27.2 Å². The molecule has 94 valence electrons. The molecule has 0 bridgehead atoms. The third-order valence-electron chi connectivity index (χ3n) is 3.18. The quantitative estimate of drug-likeness (QED) is 0.857. The average Bonchev–Trinajstić information content (AvgIpc) is 2.29. The Morgan fingerprint density at radius 2 is 2.35 bits per heavy atom. The van der Waals surface area contributed by atoms with Crippen LogP contribution in [0.3, 0.4) is 0 Å². The summed E-state index contributed by atoms with van der Waals surface area (Å²) in [6, 6.07) is 2.01. The smallest absolute Gasteiger partial charge is 0.247 e. The fourth-order valence-electron chi connectivity index (χ4n) is 2.37. The Bertz CT molecular complexity index is 386. The van der Waals surface area contributed by atoms with Crippen LogP contribution in [-0.2, 0) is 6.42 Å². The lowest BCUT2D eigenvalue weighted by Gasteiger charge is -2.29. The maximum atomic E-state index is 5.08. The Labute approximate surface area is 110 Å². The Morgan fingerprint density at radius 1 is 1.53 bits per heavy atom. The van der Waals surface area contributed by atoms with E-state index in [-0.39, 0.29) is 0 Å². The predicted octanol–water partition coefficient (Wildman–Crippen LogP) is 2.13. The van der Waals surface area contributed by atoms with Gasteiger partial charge in [-0.05, 0) is 60.8 Å². The molecule has 2 rings (SSSR count). The molecule has 5 heteroatoms. The number of methoxy groups -OCH3 is 1. The number of nitrogens with zero attached hydrogens (tertiary/aromatic N) is 3. The summed E-state index contributed by atoms with van der Waals surface area (Å²) in [6.07, 6.45) is 3.57. The first-order valence-corrected chi connectivity index (χ1v) is 6.73. The first kappa shape index (κ1) is 12.8. The Morgan fingerprint density at radius 3 is 3.00 bits per heavy atom. The SMILES string of the molecule is COc1nnc(CC2CCCN(C)C2)cc1Br. The normalized spacial score (nSPS) is 21.5. The standard InChI is InChI=1S/C12H18BrN3O/c1-16-5-3-4-9(8-16)6-10-7-11(13)12(17-2)15-14-10/h7,9H,3-6,8H2,1-2H3. The summed E-state index contributed by atoms with van der Waals surface area (Å²) in [5.41, 5.74) is 1.04.